The number of aliphatic hydroxyl groups excluding tert-OH is 1. The highest BCUT2D eigenvalue weighted by atomic mass is 16.6. The van der Waals surface area contributed by atoms with E-state index in [1.807, 2.05) is 0 Å². The topological polar surface area (TPSA) is 197 Å². The molecule has 0 aliphatic heterocycles. The van der Waals surface area contributed by atoms with Crippen LogP contribution in [0.3, 0.4) is 0 Å². The van der Waals surface area contributed by atoms with E-state index in [4.69, 9.17) is 10.4 Å². The molecule has 128 valence electrons. The van der Waals surface area contributed by atoms with E-state index in [1.54, 1.807) is 6.07 Å². The lowest BCUT2D eigenvalue weighted by Crippen LogP contribution is -2.05. The van der Waals surface area contributed by atoms with Gasteiger partial charge in [-0.15, -0.1) is 10.2 Å². The number of nitrogens with zero attached hydrogens (tertiary/aromatic N) is 6. The average Bonchev–Trinajstić information content (AvgIpc) is 3.10. The highest BCUT2D eigenvalue weighted by molar-refractivity contribution is 5.76. The number of aliphatic hydroxyl groups is 1. The summed E-state index contributed by atoms with van der Waals surface area (Å²) in [7, 11) is 0. The molecule has 1 heterocycles. The van der Waals surface area contributed by atoms with E-state index in [1.165, 1.54) is 0 Å². The third kappa shape index (κ3) is 3.89. The maximum absolute atomic E-state index is 11.2. The molecule has 2 rings (SSSR count). The summed E-state index contributed by atoms with van der Waals surface area (Å²) in [5.41, 5.74) is -1.02. The molecule has 0 fully saturated rings. The van der Waals surface area contributed by atoms with Gasteiger partial charge < -0.3 is 10.4 Å². The second-order valence-electron chi connectivity index (χ2n) is 4.53. The second kappa shape index (κ2) is 7.57. The fraction of sp³-hybridized carbons (Fsp3) is 0.167. The second-order valence-corrected chi connectivity index (χ2v) is 4.53. The van der Waals surface area contributed by atoms with Gasteiger partial charge in [-0.25, -0.2) is 0 Å². The molecule has 3 N–H and O–H groups in total. The predicted molar refractivity (Wildman–Crippen MR) is 81.9 cm³/mol. The average molecular weight is 346 g/mol. The molecular weight excluding hydrogens is 336 g/mol. The number of nitriles is 1. The van der Waals surface area contributed by atoms with Gasteiger partial charge in [-0.1, -0.05) is 0 Å². The first kappa shape index (κ1) is 17.4. The lowest BCUT2D eigenvalue weighted by atomic mass is 10.1. The number of tetrazole rings is 1. The minimum absolute atomic E-state index is 0.00574. The van der Waals surface area contributed by atoms with Gasteiger partial charge in [0.15, 0.2) is 0 Å². The molecule has 1 aromatic heterocycles. The van der Waals surface area contributed by atoms with Gasteiger partial charge in [-0.3, -0.25) is 20.2 Å². The van der Waals surface area contributed by atoms with E-state index in [0.29, 0.717) is 0 Å². The van der Waals surface area contributed by atoms with Crippen LogP contribution in [0, 0.1) is 31.6 Å². The summed E-state index contributed by atoms with van der Waals surface area (Å²) >= 11 is 0. The number of hydrogen-bond acceptors (Lipinski definition) is 10. The zero-order valence-electron chi connectivity index (χ0n) is 12.4. The first-order valence-electron chi connectivity index (χ1n) is 6.65. The molecule has 0 saturated heterocycles. The van der Waals surface area contributed by atoms with Gasteiger partial charge in [0.1, 0.15) is 11.6 Å². The molecule has 25 heavy (non-hydrogen) atoms. The molecule has 0 aliphatic carbocycles. The number of nitrogens with one attached hydrogen (secondary N) is 2. The molecular formula is C12H10N8O5. The third-order valence-electron chi connectivity index (χ3n) is 3.06. The van der Waals surface area contributed by atoms with Crippen LogP contribution in [-0.4, -0.2) is 42.2 Å². The summed E-state index contributed by atoms with van der Waals surface area (Å²) in [6.45, 7) is -0.410. The molecule has 13 nitrogen and oxygen atoms in total. The van der Waals surface area contributed by atoms with Gasteiger partial charge in [0.05, 0.1) is 27.2 Å². The molecule has 0 spiro atoms. The van der Waals surface area contributed by atoms with Crippen molar-refractivity contribution in [2.45, 2.75) is 6.42 Å². The number of nitro benzene ring substituents is 2. The molecule has 0 saturated carbocycles. The molecule has 0 radical (unpaired) electrons. The summed E-state index contributed by atoms with van der Waals surface area (Å²) in [6, 6.07) is 3.68. The molecule has 0 atom stereocenters. The maximum Gasteiger partial charge on any atom is 0.281 e. The van der Waals surface area contributed by atoms with Gasteiger partial charge in [0.25, 0.3) is 11.4 Å². The first-order chi connectivity index (χ1) is 12.0. The number of nitro groups is 2. The van der Waals surface area contributed by atoms with Crippen molar-refractivity contribution in [2.75, 3.05) is 11.9 Å². The first-order valence-corrected chi connectivity index (χ1v) is 6.65. The molecule has 1 aromatic carbocycles. The van der Waals surface area contributed by atoms with Crippen molar-refractivity contribution in [1.29, 1.82) is 5.26 Å². The maximum atomic E-state index is 11.2. The fourth-order valence-electron chi connectivity index (χ4n) is 1.99. The van der Waals surface area contributed by atoms with E-state index < -0.39 is 27.8 Å². The Morgan fingerprint density at radius 3 is 2.68 bits per heavy atom. The fourth-order valence-corrected chi connectivity index (χ4v) is 1.99. The third-order valence-corrected chi connectivity index (χ3v) is 3.06. The smallest absolute Gasteiger partial charge is 0.281 e. The minimum atomic E-state index is -0.783. The van der Waals surface area contributed by atoms with Crippen LogP contribution < -0.4 is 5.32 Å². The monoisotopic (exact) mass is 346 g/mol. The van der Waals surface area contributed by atoms with E-state index in [9.17, 15) is 20.2 Å². The van der Waals surface area contributed by atoms with E-state index in [-0.39, 0.29) is 29.1 Å². The number of aromatic nitrogens is 4. The summed E-state index contributed by atoms with van der Waals surface area (Å²) in [5.74, 6) is -0.0290. The van der Waals surface area contributed by atoms with Crippen LogP contribution in [0.5, 0.6) is 0 Å². The van der Waals surface area contributed by atoms with Gasteiger partial charge in [0.2, 0.25) is 5.82 Å². The van der Waals surface area contributed by atoms with Crippen molar-refractivity contribution in [3.05, 3.63) is 49.9 Å². The predicted octanol–water partition coefficient (Wildman–Crippen LogP) is 0.527. The molecule has 2 aromatic rings. The van der Waals surface area contributed by atoms with Crippen LogP contribution in [-0.2, 0) is 6.42 Å². The number of hydrogen-bond donors (Lipinski definition) is 3. The molecule has 0 aliphatic rings. The van der Waals surface area contributed by atoms with Gasteiger partial charge in [-0.2, -0.15) is 10.5 Å². The van der Waals surface area contributed by atoms with Gasteiger partial charge in [0, 0.05) is 25.3 Å². The molecule has 0 bridgehead atoms. The minimum Gasteiger partial charge on any atom is -0.396 e. The number of rotatable bonds is 7. The number of benzene rings is 1. The van der Waals surface area contributed by atoms with E-state index >= 15 is 0 Å². The zero-order chi connectivity index (χ0) is 18.4. The summed E-state index contributed by atoms with van der Waals surface area (Å²) in [5, 5.41) is 55.7. The summed E-state index contributed by atoms with van der Waals surface area (Å²) < 4.78 is 0. The van der Waals surface area contributed by atoms with Crippen molar-refractivity contribution < 1.29 is 15.0 Å². The largest absolute Gasteiger partial charge is 0.396 e. The number of aromatic amines is 1. The van der Waals surface area contributed by atoms with Crippen LogP contribution >= 0.6 is 0 Å². The number of non-ortho nitro benzene ring substituents is 1. The Hall–Kier alpha value is -3.92. The van der Waals surface area contributed by atoms with Gasteiger partial charge >= 0.3 is 0 Å². The van der Waals surface area contributed by atoms with E-state index in [0.717, 1.165) is 18.3 Å². The van der Waals surface area contributed by atoms with Crippen molar-refractivity contribution >= 4 is 22.6 Å². The highest BCUT2D eigenvalue weighted by Gasteiger charge is 2.23. The lowest BCUT2D eigenvalue weighted by Gasteiger charge is -2.09. The van der Waals surface area contributed by atoms with Crippen molar-refractivity contribution in [3.8, 4) is 6.07 Å². The Balaban J connectivity index is 2.52. The highest BCUT2D eigenvalue weighted by Crippen LogP contribution is 2.33. The lowest BCUT2D eigenvalue weighted by molar-refractivity contribution is -0.394. The van der Waals surface area contributed by atoms with Crippen LogP contribution in [0.2, 0.25) is 0 Å². The Labute approximate surface area is 138 Å². The van der Waals surface area contributed by atoms with Crippen LogP contribution in [0.4, 0.5) is 17.1 Å². The van der Waals surface area contributed by atoms with Crippen molar-refractivity contribution in [3.63, 3.8) is 0 Å². The molecule has 13 heteroatoms. The SMILES string of the molecule is N#CC(=CNc1cc([N+](=O)[O-])cc([N+](=O)[O-])c1CCO)c1nn[nH]n1. The van der Waals surface area contributed by atoms with E-state index in [2.05, 4.69) is 25.9 Å². The van der Waals surface area contributed by atoms with Crippen LogP contribution in [0.1, 0.15) is 11.4 Å². The number of anilines is 1. The summed E-state index contributed by atoms with van der Waals surface area (Å²) in [6.07, 6.45) is 1.02. The van der Waals surface area contributed by atoms with Crippen molar-refractivity contribution in [2.24, 2.45) is 0 Å². The Morgan fingerprint density at radius 2 is 2.16 bits per heavy atom. The quantitative estimate of drug-likeness (QED) is 0.361. The normalized spacial score (nSPS) is 11.0. The number of allylic oxidation sites excluding steroid dienone is 1. The Morgan fingerprint density at radius 1 is 1.40 bits per heavy atom. The van der Waals surface area contributed by atoms with Crippen LogP contribution in [0.15, 0.2) is 18.3 Å². The standard InChI is InChI=1S/C12H10N8O5/c13-5-7(12-15-17-18-16-12)6-14-10-3-8(19(22)23)4-11(20(24)25)9(10)1-2-21/h3-4,6,14,21H,1-2H2,(H,15,16,17,18). The van der Waals surface area contributed by atoms with Gasteiger partial charge in [-0.05, 0) is 5.21 Å². The molecule has 0 amide bonds. The molecule has 0 unspecified atom stereocenters. The Bertz CT molecular complexity index is 870. The Kier molecular flexibility index (Phi) is 5.28. The number of H-pyrrole nitrogens is 1. The van der Waals surface area contributed by atoms with Crippen molar-refractivity contribution in [1.82, 2.24) is 20.6 Å². The van der Waals surface area contributed by atoms with Crippen LogP contribution in [0.25, 0.3) is 5.57 Å². The zero-order valence-corrected chi connectivity index (χ0v) is 12.4. The summed E-state index contributed by atoms with van der Waals surface area (Å²) in [4.78, 5) is 20.6.